The Labute approximate surface area is 176 Å². The summed E-state index contributed by atoms with van der Waals surface area (Å²) in [6, 6.07) is 15.5. The summed E-state index contributed by atoms with van der Waals surface area (Å²) in [4.78, 5) is 20.8. The molecule has 2 aromatic carbocycles. The van der Waals surface area contributed by atoms with Gasteiger partial charge in [0.15, 0.2) is 5.82 Å². The molecule has 144 valence electrons. The molecule has 0 radical (unpaired) electrons. The van der Waals surface area contributed by atoms with Gasteiger partial charge in [-0.2, -0.15) is 5.10 Å². The molecule has 0 saturated heterocycles. The maximum absolute atomic E-state index is 12.4. The number of carbonyl (C=O) groups excluding carboxylic acids is 1. The number of benzene rings is 2. The molecule has 2 heterocycles. The number of halogens is 2. The Morgan fingerprint density at radius 1 is 0.966 bits per heavy atom. The van der Waals surface area contributed by atoms with Gasteiger partial charge in [-0.15, -0.1) is 0 Å². The lowest BCUT2D eigenvalue weighted by Gasteiger charge is -2.10. The highest BCUT2D eigenvalue weighted by molar-refractivity contribution is 6.36. The fourth-order valence-electron chi connectivity index (χ4n) is 2.60. The van der Waals surface area contributed by atoms with Crippen LogP contribution in [-0.4, -0.2) is 25.7 Å². The first-order valence-corrected chi connectivity index (χ1v) is 9.30. The van der Waals surface area contributed by atoms with Gasteiger partial charge in [0.1, 0.15) is 12.1 Å². The van der Waals surface area contributed by atoms with Crippen molar-refractivity contribution in [2.24, 2.45) is 0 Å². The molecular weight excluding hydrogens is 411 g/mol. The van der Waals surface area contributed by atoms with Crippen molar-refractivity contribution in [2.45, 2.75) is 0 Å². The lowest BCUT2D eigenvalue weighted by atomic mass is 10.2. The molecular formula is C20H14Cl2N6O. The standard InChI is InChI=1S/C20H14Cl2N6O/c21-13-2-7-17(22)16(10-13)20(29)27-15-5-3-14(4-6-15)26-18-11-19(24-12-23-18)28-9-1-8-25-28/h1-12H,(H,27,29)(H,23,24,26). The number of rotatable bonds is 5. The van der Waals surface area contributed by atoms with E-state index in [0.29, 0.717) is 32.9 Å². The second-order valence-corrected chi connectivity index (χ2v) is 6.84. The van der Waals surface area contributed by atoms with Gasteiger partial charge >= 0.3 is 0 Å². The van der Waals surface area contributed by atoms with E-state index in [2.05, 4.69) is 25.7 Å². The number of aromatic nitrogens is 4. The van der Waals surface area contributed by atoms with Crippen molar-refractivity contribution in [3.63, 3.8) is 0 Å². The van der Waals surface area contributed by atoms with E-state index < -0.39 is 0 Å². The minimum absolute atomic E-state index is 0.313. The molecule has 4 aromatic rings. The number of amides is 1. The SMILES string of the molecule is O=C(Nc1ccc(Nc2cc(-n3cccn3)ncn2)cc1)c1cc(Cl)ccc1Cl. The Morgan fingerprint density at radius 2 is 1.76 bits per heavy atom. The molecule has 0 bridgehead atoms. The summed E-state index contributed by atoms with van der Waals surface area (Å²) >= 11 is 12.0. The molecule has 29 heavy (non-hydrogen) atoms. The molecule has 0 aliphatic carbocycles. The van der Waals surface area contributed by atoms with Crippen LogP contribution in [0, 0.1) is 0 Å². The number of hydrogen-bond acceptors (Lipinski definition) is 5. The second-order valence-electron chi connectivity index (χ2n) is 5.99. The normalized spacial score (nSPS) is 10.6. The Morgan fingerprint density at radius 3 is 2.52 bits per heavy atom. The van der Waals surface area contributed by atoms with E-state index in [9.17, 15) is 4.79 Å². The van der Waals surface area contributed by atoms with E-state index in [1.165, 1.54) is 12.4 Å². The maximum Gasteiger partial charge on any atom is 0.257 e. The van der Waals surface area contributed by atoms with Gasteiger partial charge in [-0.05, 0) is 48.5 Å². The van der Waals surface area contributed by atoms with Gasteiger partial charge in [0.05, 0.1) is 10.6 Å². The van der Waals surface area contributed by atoms with Crippen LogP contribution in [0.3, 0.4) is 0 Å². The quantitative estimate of drug-likeness (QED) is 0.472. The van der Waals surface area contributed by atoms with Gasteiger partial charge in [0.2, 0.25) is 0 Å². The fraction of sp³-hybridized carbons (Fsp3) is 0. The van der Waals surface area contributed by atoms with Gasteiger partial charge in [-0.25, -0.2) is 14.6 Å². The van der Waals surface area contributed by atoms with Gasteiger partial charge in [0.25, 0.3) is 5.91 Å². The van der Waals surface area contributed by atoms with Crippen molar-refractivity contribution in [1.29, 1.82) is 0 Å². The Kier molecular flexibility index (Phi) is 5.41. The number of anilines is 3. The third-order valence-corrected chi connectivity index (χ3v) is 4.54. The van der Waals surface area contributed by atoms with Crippen molar-refractivity contribution in [2.75, 3.05) is 10.6 Å². The zero-order valence-electron chi connectivity index (χ0n) is 14.9. The molecule has 4 rings (SSSR count). The van der Waals surface area contributed by atoms with Crippen molar-refractivity contribution >= 4 is 46.3 Å². The summed E-state index contributed by atoms with van der Waals surface area (Å²) in [5, 5.41) is 10.9. The van der Waals surface area contributed by atoms with E-state index in [1.807, 2.05) is 18.2 Å². The minimum Gasteiger partial charge on any atom is -0.340 e. The van der Waals surface area contributed by atoms with Crippen LogP contribution in [-0.2, 0) is 0 Å². The Bertz CT molecular complexity index is 1150. The van der Waals surface area contributed by atoms with Gasteiger partial charge in [-0.3, -0.25) is 4.79 Å². The van der Waals surface area contributed by atoms with Crippen LogP contribution in [0.2, 0.25) is 10.0 Å². The first-order chi connectivity index (χ1) is 14.1. The highest BCUT2D eigenvalue weighted by atomic mass is 35.5. The first-order valence-electron chi connectivity index (χ1n) is 8.54. The lowest BCUT2D eigenvalue weighted by molar-refractivity contribution is 0.102. The Hall–Kier alpha value is -3.42. The zero-order valence-corrected chi connectivity index (χ0v) is 16.4. The van der Waals surface area contributed by atoms with E-state index in [0.717, 1.165) is 5.69 Å². The average molecular weight is 425 g/mol. The summed E-state index contributed by atoms with van der Waals surface area (Å²) in [6.07, 6.45) is 4.94. The molecule has 0 saturated carbocycles. The number of nitrogens with one attached hydrogen (secondary N) is 2. The molecule has 0 aliphatic heterocycles. The zero-order chi connectivity index (χ0) is 20.2. The second kappa shape index (κ2) is 8.30. The van der Waals surface area contributed by atoms with Gasteiger partial charge < -0.3 is 10.6 Å². The van der Waals surface area contributed by atoms with Crippen molar-refractivity contribution in [3.05, 3.63) is 88.9 Å². The summed E-state index contributed by atoms with van der Waals surface area (Å²) in [7, 11) is 0. The first kappa shape index (κ1) is 18.9. The van der Waals surface area contributed by atoms with Crippen molar-refractivity contribution < 1.29 is 4.79 Å². The van der Waals surface area contributed by atoms with Crippen LogP contribution in [0.4, 0.5) is 17.2 Å². The highest BCUT2D eigenvalue weighted by Gasteiger charge is 2.11. The molecule has 0 spiro atoms. The predicted octanol–water partition coefficient (Wildman–Crippen LogP) is 4.97. The summed E-state index contributed by atoms with van der Waals surface area (Å²) in [5.74, 6) is 0.931. The lowest BCUT2D eigenvalue weighted by Crippen LogP contribution is -2.12. The van der Waals surface area contributed by atoms with Gasteiger partial charge in [0, 0.05) is 34.9 Å². The third-order valence-electron chi connectivity index (χ3n) is 3.98. The number of hydrogen-bond donors (Lipinski definition) is 2. The van der Waals surface area contributed by atoms with Crippen LogP contribution < -0.4 is 10.6 Å². The summed E-state index contributed by atoms with van der Waals surface area (Å²) < 4.78 is 1.65. The van der Waals surface area contributed by atoms with E-state index in [1.54, 1.807) is 47.4 Å². The largest absolute Gasteiger partial charge is 0.340 e. The third kappa shape index (κ3) is 4.53. The highest BCUT2D eigenvalue weighted by Crippen LogP contribution is 2.23. The smallest absolute Gasteiger partial charge is 0.257 e. The summed E-state index contributed by atoms with van der Waals surface area (Å²) in [5.41, 5.74) is 1.74. The van der Waals surface area contributed by atoms with Gasteiger partial charge in [-0.1, -0.05) is 23.2 Å². The van der Waals surface area contributed by atoms with Crippen LogP contribution >= 0.6 is 23.2 Å². The molecule has 0 aliphatic rings. The molecule has 2 N–H and O–H groups in total. The monoisotopic (exact) mass is 424 g/mol. The number of carbonyl (C=O) groups is 1. The molecule has 0 fully saturated rings. The van der Waals surface area contributed by atoms with E-state index >= 15 is 0 Å². The fourth-order valence-corrected chi connectivity index (χ4v) is 2.98. The minimum atomic E-state index is -0.335. The van der Waals surface area contributed by atoms with Crippen LogP contribution in [0.1, 0.15) is 10.4 Å². The molecule has 7 nitrogen and oxygen atoms in total. The molecule has 1 amide bonds. The van der Waals surface area contributed by atoms with E-state index in [4.69, 9.17) is 23.2 Å². The molecule has 0 unspecified atom stereocenters. The molecule has 0 atom stereocenters. The molecule has 2 aromatic heterocycles. The molecule has 9 heteroatoms. The van der Waals surface area contributed by atoms with Crippen molar-refractivity contribution in [1.82, 2.24) is 19.7 Å². The topological polar surface area (TPSA) is 84.7 Å². The van der Waals surface area contributed by atoms with E-state index in [-0.39, 0.29) is 5.91 Å². The van der Waals surface area contributed by atoms with Crippen LogP contribution in [0.15, 0.2) is 73.3 Å². The average Bonchev–Trinajstić information content (AvgIpc) is 3.26. The maximum atomic E-state index is 12.4. The van der Waals surface area contributed by atoms with Crippen LogP contribution in [0.25, 0.3) is 5.82 Å². The predicted molar refractivity (Wildman–Crippen MR) is 113 cm³/mol. The summed E-state index contributed by atoms with van der Waals surface area (Å²) in [6.45, 7) is 0. The number of nitrogens with zero attached hydrogens (tertiary/aromatic N) is 4. The van der Waals surface area contributed by atoms with Crippen molar-refractivity contribution in [3.8, 4) is 5.82 Å². The van der Waals surface area contributed by atoms with Crippen LogP contribution in [0.5, 0.6) is 0 Å². The Balaban J connectivity index is 1.45.